The van der Waals surface area contributed by atoms with E-state index in [1.807, 2.05) is 30.8 Å². The summed E-state index contributed by atoms with van der Waals surface area (Å²) in [6.45, 7) is 4.88. The lowest BCUT2D eigenvalue weighted by molar-refractivity contribution is -0.115. The van der Waals surface area contributed by atoms with E-state index >= 15 is 0 Å². The molecule has 21 heavy (non-hydrogen) atoms. The molecule has 0 bridgehead atoms. The van der Waals surface area contributed by atoms with Gasteiger partial charge in [0, 0.05) is 12.2 Å². The van der Waals surface area contributed by atoms with Crippen molar-refractivity contribution in [1.29, 1.82) is 5.26 Å². The smallest absolute Gasteiger partial charge is 0.238 e. The van der Waals surface area contributed by atoms with Gasteiger partial charge >= 0.3 is 0 Å². The highest BCUT2D eigenvalue weighted by Gasteiger charge is 2.10. The van der Waals surface area contributed by atoms with Crippen molar-refractivity contribution >= 4 is 22.2 Å². The van der Waals surface area contributed by atoms with Gasteiger partial charge in [0.05, 0.1) is 24.8 Å². The minimum atomic E-state index is -0.155. The Labute approximate surface area is 127 Å². The Kier molecular flexibility index (Phi) is 5.09. The monoisotopic (exact) mass is 303 g/mol. The molecule has 0 fully saturated rings. The molecule has 0 saturated heterocycles. The van der Waals surface area contributed by atoms with E-state index in [1.165, 1.54) is 11.3 Å². The summed E-state index contributed by atoms with van der Waals surface area (Å²) in [5.74, 6) is -0.155. The molecule has 0 saturated carbocycles. The number of nitriles is 1. The molecule has 110 valence electrons. The average molecular weight is 303 g/mol. The largest absolute Gasteiger partial charge is 0.315 e. The zero-order chi connectivity index (χ0) is 15.2. The fourth-order valence-corrected chi connectivity index (χ4v) is 2.60. The van der Waals surface area contributed by atoms with Crippen LogP contribution in [0.2, 0.25) is 0 Å². The van der Waals surface area contributed by atoms with Gasteiger partial charge in [-0.15, -0.1) is 11.3 Å². The van der Waals surface area contributed by atoms with Crippen molar-refractivity contribution in [2.75, 3.05) is 11.9 Å². The molecule has 2 rings (SSSR count). The molecule has 2 aromatic heterocycles. The number of nitrogens with one attached hydrogen (secondary N) is 2. The van der Waals surface area contributed by atoms with Crippen molar-refractivity contribution in [1.82, 2.24) is 15.1 Å². The van der Waals surface area contributed by atoms with Gasteiger partial charge in [0.15, 0.2) is 0 Å². The molecule has 0 unspecified atom stereocenters. The van der Waals surface area contributed by atoms with Crippen LogP contribution in [-0.2, 0) is 11.3 Å². The molecule has 0 spiro atoms. The number of hydrogen-bond acceptors (Lipinski definition) is 5. The van der Waals surface area contributed by atoms with Crippen LogP contribution >= 0.6 is 11.3 Å². The number of aryl methyl sites for hydroxylation is 1. The maximum atomic E-state index is 11.8. The van der Waals surface area contributed by atoms with Crippen LogP contribution in [-0.4, -0.2) is 28.3 Å². The predicted octanol–water partition coefficient (Wildman–Crippen LogP) is 1.74. The highest BCUT2D eigenvalue weighted by atomic mass is 32.1. The number of hydrogen-bond donors (Lipinski definition) is 2. The number of amides is 1. The first-order chi connectivity index (χ1) is 10.1. The summed E-state index contributed by atoms with van der Waals surface area (Å²) < 4.78 is 1.85. The molecule has 1 amide bonds. The van der Waals surface area contributed by atoms with Crippen LogP contribution in [0.4, 0.5) is 5.00 Å². The summed E-state index contributed by atoms with van der Waals surface area (Å²) in [6.07, 6.45) is 3.77. The fraction of sp³-hybridized carbons (Fsp3) is 0.357. The number of carbonyl (C=O) groups is 1. The standard InChI is InChI=1S/C14H17N5OS/c1-10-6-17-19(8-10)9-11(2)16-7-13(20)18-14-12(5-15)3-4-21-14/h3-4,6,8,11,16H,7,9H2,1-2H3,(H,18,20)/t11-/m1/s1. The molecule has 7 heteroatoms. The van der Waals surface area contributed by atoms with Crippen LogP contribution in [0.1, 0.15) is 18.1 Å². The van der Waals surface area contributed by atoms with Gasteiger partial charge in [-0.3, -0.25) is 9.48 Å². The summed E-state index contributed by atoms with van der Waals surface area (Å²) >= 11 is 1.35. The van der Waals surface area contributed by atoms with E-state index in [0.717, 1.165) is 5.56 Å². The van der Waals surface area contributed by atoms with Gasteiger partial charge < -0.3 is 10.6 Å². The summed E-state index contributed by atoms with van der Waals surface area (Å²) in [7, 11) is 0. The van der Waals surface area contributed by atoms with Crippen LogP contribution in [0.15, 0.2) is 23.8 Å². The minimum absolute atomic E-state index is 0.119. The van der Waals surface area contributed by atoms with Crippen LogP contribution in [0.5, 0.6) is 0 Å². The lowest BCUT2D eigenvalue weighted by atomic mass is 10.3. The van der Waals surface area contributed by atoms with Crippen LogP contribution in [0.25, 0.3) is 0 Å². The van der Waals surface area contributed by atoms with Crippen molar-refractivity contribution in [2.45, 2.75) is 26.4 Å². The highest BCUT2D eigenvalue weighted by molar-refractivity contribution is 7.14. The average Bonchev–Trinajstić information content (AvgIpc) is 3.05. The van der Waals surface area contributed by atoms with E-state index < -0.39 is 0 Å². The SMILES string of the molecule is Cc1cnn(C[C@@H](C)NCC(=O)Nc2sccc2C#N)c1. The molecule has 1 atom stereocenters. The van der Waals surface area contributed by atoms with Gasteiger partial charge in [-0.25, -0.2) is 0 Å². The van der Waals surface area contributed by atoms with Crippen LogP contribution < -0.4 is 10.6 Å². The van der Waals surface area contributed by atoms with Crippen molar-refractivity contribution in [3.8, 4) is 6.07 Å². The second kappa shape index (κ2) is 7.02. The predicted molar refractivity (Wildman–Crippen MR) is 82.1 cm³/mol. The number of anilines is 1. The van der Waals surface area contributed by atoms with E-state index in [-0.39, 0.29) is 18.5 Å². The van der Waals surface area contributed by atoms with Gasteiger partial charge in [0.25, 0.3) is 0 Å². The Bertz CT molecular complexity index is 654. The van der Waals surface area contributed by atoms with E-state index in [4.69, 9.17) is 5.26 Å². The second-order valence-corrected chi connectivity index (χ2v) is 5.76. The zero-order valence-electron chi connectivity index (χ0n) is 12.0. The summed E-state index contributed by atoms with van der Waals surface area (Å²) in [5.41, 5.74) is 1.61. The normalized spacial score (nSPS) is 11.9. The molecule has 2 heterocycles. The quantitative estimate of drug-likeness (QED) is 0.851. The first-order valence-electron chi connectivity index (χ1n) is 6.58. The molecule has 2 aromatic rings. The topological polar surface area (TPSA) is 82.7 Å². The van der Waals surface area contributed by atoms with E-state index in [9.17, 15) is 4.79 Å². The van der Waals surface area contributed by atoms with E-state index in [0.29, 0.717) is 17.1 Å². The van der Waals surface area contributed by atoms with Gasteiger partial charge in [-0.05, 0) is 30.9 Å². The van der Waals surface area contributed by atoms with Gasteiger partial charge in [0.1, 0.15) is 11.1 Å². The molecule has 0 aliphatic heterocycles. The van der Waals surface area contributed by atoms with Crippen LogP contribution in [0.3, 0.4) is 0 Å². The Balaban J connectivity index is 1.77. The molecular formula is C14H17N5OS. The molecule has 0 aliphatic rings. The molecular weight excluding hydrogens is 286 g/mol. The molecule has 6 nitrogen and oxygen atoms in total. The van der Waals surface area contributed by atoms with Crippen molar-refractivity contribution < 1.29 is 4.79 Å². The van der Waals surface area contributed by atoms with Gasteiger partial charge in [0.2, 0.25) is 5.91 Å². The lowest BCUT2D eigenvalue weighted by Crippen LogP contribution is -2.36. The number of aromatic nitrogens is 2. The second-order valence-electron chi connectivity index (χ2n) is 4.85. The Morgan fingerprint density at radius 3 is 3.10 bits per heavy atom. The van der Waals surface area contributed by atoms with Gasteiger partial charge in [-0.2, -0.15) is 10.4 Å². The third kappa shape index (κ3) is 4.41. The van der Waals surface area contributed by atoms with Crippen molar-refractivity contribution in [3.63, 3.8) is 0 Å². The summed E-state index contributed by atoms with van der Waals surface area (Å²) in [6, 6.07) is 3.85. The molecule has 0 radical (unpaired) electrons. The Hall–Kier alpha value is -2.17. The van der Waals surface area contributed by atoms with Crippen LogP contribution in [0, 0.1) is 18.3 Å². The third-order valence-corrected chi connectivity index (χ3v) is 3.70. The third-order valence-electron chi connectivity index (χ3n) is 2.87. The number of nitrogens with zero attached hydrogens (tertiary/aromatic N) is 3. The molecule has 0 aromatic carbocycles. The highest BCUT2D eigenvalue weighted by Crippen LogP contribution is 2.21. The van der Waals surface area contributed by atoms with Crippen molar-refractivity contribution in [2.24, 2.45) is 0 Å². The van der Waals surface area contributed by atoms with Crippen molar-refractivity contribution in [3.05, 3.63) is 35.0 Å². The fourth-order valence-electron chi connectivity index (χ4n) is 1.84. The molecule has 0 aliphatic carbocycles. The van der Waals surface area contributed by atoms with E-state index in [2.05, 4.69) is 15.7 Å². The summed E-state index contributed by atoms with van der Waals surface area (Å²) in [5, 5.41) is 21.3. The lowest BCUT2D eigenvalue weighted by Gasteiger charge is -2.13. The first kappa shape index (κ1) is 15.2. The minimum Gasteiger partial charge on any atom is -0.315 e. The number of rotatable bonds is 6. The zero-order valence-corrected chi connectivity index (χ0v) is 12.8. The van der Waals surface area contributed by atoms with Gasteiger partial charge in [-0.1, -0.05) is 0 Å². The maximum Gasteiger partial charge on any atom is 0.238 e. The van der Waals surface area contributed by atoms with E-state index in [1.54, 1.807) is 17.6 Å². The first-order valence-corrected chi connectivity index (χ1v) is 7.46. The number of thiophene rings is 1. The Morgan fingerprint density at radius 2 is 2.43 bits per heavy atom. The summed E-state index contributed by atoms with van der Waals surface area (Å²) in [4.78, 5) is 11.8. The Morgan fingerprint density at radius 1 is 1.62 bits per heavy atom. The maximum absolute atomic E-state index is 11.8. The number of carbonyl (C=O) groups excluding carboxylic acids is 1. The molecule has 2 N–H and O–H groups in total.